The van der Waals surface area contributed by atoms with E-state index in [2.05, 4.69) is 25.9 Å². The molecule has 2 aromatic carbocycles. The molecule has 10 nitrogen and oxygen atoms in total. The number of nitrogens with zero attached hydrogens (tertiary/aromatic N) is 4. The minimum atomic E-state index is -0.00640. The molecule has 0 aliphatic rings. The summed E-state index contributed by atoms with van der Waals surface area (Å²) in [4.78, 5) is 42.1. The molecule has 142 valence electrons. The molecule has 0 unspecified atom stereocenters. The third kappa shape index (κ3) is 2.95. The molecule has 1 heterocycles. The lowest BCUT2D eigenvalue weighted by molar-refractivity contribution is -0.106. The van der Waals surface area contributed by atoms with E-state index < -0.39 is 0 Å². The van der Waals surface area contributed by atoms with E-state index in [1.165, 1.54) is 6.07 Å². The van der Waals surface area contributed by atoms with Crippen LogP contribution in [0.15, 0.2) is 6.07 Å². The molecule has 1 aromatic heterocycles. The summed E-state index contributed by atoms with van der Waals surface area (Å²) in [6, 6.07) is 5.46. The fraction of sp³-hybridized carbons (Fsp3) is 0.105. The summed E-state index contributed by atoms with van der Waals surface area (Å²) in [5, 5.41) is 26.6. The molecular weight excluding hydrogens is 374 g/mol. The van der Waals surface area contributed by atoms with Crippen LogP contribution >= 0.6 is 0 Å². The van der Waals surface area contributed by atoms with Crippen molar-refractivity contribution < 1.29 is 14.4 Å². The molecule has 0 bridgehead atoms. The van der Waals surface area contributed by atoms with E-state index in [-0.39, 0.29) is 33.5 Å². The van der Waals surface area contributed by atoms with Gasteiger partial charge in [-0.1, -0.05) is 0 Å². The number of benzene rings is 2. The van der Waals surface area contributed by atoms with Gasteiger partial charge in [-0.15, -0.1) is 0 Å². The van der Waals surface area contributed by atoms with Gasteiger partial charge < -0.3 is 16.0 Å². The van der Waals surface area contributed by atoms with E-state index in [1.807, 2.05) is 12.1 Å². The van der Waals surface area contributed by atoms with Crippen molar-refractivity contribution in [3.8, 4) is 12.1 Å². The smallest absolute Gasteiger partial charge is 0.211 e. The average Bonchev–Trinajstić information content (AvgIpc) is 2.72. The summed E-state index contributed by atoms with van der Waals surface area (Å²) in [5.41, 5.74) is 3.00. The predicted molar refractivity (Wildman–Crippen MR) is 105 cm³/mol. The maximum atomic E-state index is 11.1. The maximum Gasteiger partial charge on any atom is 0.211 e. The molecule has 10 heteroatoms. The number of hydrogen-bond acceptors (Lipinski definition) is 7. The number of aryl methyl sites for hydroxylation is 2. The number of aromatic nitrogens is 2. The second-order valence-electron chi connectivity index (χ2n) is 5.97. The molecule has 3 amide bonds. The molecule has 0 saturated carbocycles. The Balaban J connectivity index is 2.58. The lowest BCUT2D eigenvalue weighted by Gasteiger charge is -2.17. The van der Waals surface area contributed by atoms with Crippen LogP contribution < -0.4 is 16.0 Å². The SMILES string of the molecule is Cc1c(NC=O)cc(C#N)c2nc3c(C#N)c(NC=O)c(NC=O)c(C)c3nc12. The first-order valence-electron chi connectivity index (χ1n) is 8.24. The normalized spacial score (nSPS) is 10.1. The zero-order valence-electron chi connectivity index (χ0n) is 15.3. The Morgan fingerprint density at radius 3 is 1.97 bits per heavy atom. The van der Waals surface area contributed by atoms with Gasteiger partial charge in [-0.25, -0.2) is 9.97 Å². The molecule has 0 aliphatic heterocycles. The number of rotatable bonds is 6. The van der Waals surface area contributed by atoms with E-state index >= 15 is 0 Å². The van der Waals surface area contributed by atoms with Crippen LogP contribution in [-0.4, -0.2) is 29.2 Å². The Bertz CT molecular complexity index is 1290. The van der Waals surface area contributed by atoms with Crippen molar-refractivity contribution >= 4 is 58.4 Å². The Labute approximate surface area is 164 Å². The molecule has 0 fully saturated rings. The standard InChI is InChI=1S/C19H13N7O3/c1-9-13(22-6-27)3-11(4-20)17-15(9)25-16-10(2)14(23-7-28)18(24-8-29)12(5-21)19(16)26-17/h3,6-8H,1-2H3,(H,22,27)(H,23,28)(H,24,29). The van der Waals surface area contributed by atoms with Crippen molar-refractivity contribution in [2.75, 3.05) is 16.0 Å². The molecule has 0 aliphatic carbocycles. The van der Waals surface area contributed by atoms with Gasteiger partial charge in [-0.3, -0.25) is 14.4 Å². The fourth-order valence-electron chi connectivity index (χ4n) is 3.17. The topological polar surface area (TPSA) is 161 Å². The summed E-state index contributed by atoms with van der Waals surface area (Å²) in [6.45, 7) is 3.36. The van der Waals surface area contributed by atoms with E-state index in [0.29, 0.717) is 47.1 Å². The Hall–Kier alpha value is -4.57. The van der Waals surface area contributed by atoms with Crippen LogP contribution in [0.1, 0.15) is 22.3 Å². The molecule has 0 spiro atoms. The van der Waals surface area contributed by atoms with Crippen LogP contribution in [0.4, 0.5) is 17.1 Å². The third-order valence-electron chi connectivity index (χ3n) is 4.52. The average molecular weight is 387 g/mol. The molecule has 3 rings (SSSR count). The van der Waals surface area contributed by atoms with Gasteiger partial charge in [0.15, 0.2) is 0 Å². The maximum absolute atomic E-state index is 11.1. The highest BCUT2D eigenvalue weighted by Crippen LogP contribution is 2.37. The molecular formula is C19H13N7O3. The number of nitriles is 2. The molecule has 0 radical (unpaired) electrons. The summed E-state index contributed by atoms with van der Waals surface area (Å²) < 4.78 is 0. The largest absolute Gasteiger partial charge is 0.328 e. The quantitative estimate of drug-likeness (QED) is 0.429. The second kappa shape index (κ2) is 7.58. The molecule has 0 saturated heterocycles. The highest BCUT2D eigenvalue weighted by atomic mass is 16.1. The molecule has 29 heavy (non-hydrogen) atoms. The van der Waals surface area contributed by atoms with E-state index in [1.54, 1.807) is 13.8 Å². The van der Waals surface area contributed by atoms with Crippen LogP contribution in [-0.2, 0) is 14.4 Å². The highest BCUT2D eigenvalue weighted by molar-refractivity contribution is 6.05. The monoisotopic (exact) mass is 387 g/mol. The first-order valence-corrected chi connectivity index (χ1v) is 8.24. The Morgan fingerprint density at radius 2 is 1.38 bits per heavy atom. The van der Waals surface area contributed by atoms with Crippen molar-refractivity contribution in [2.24, 2.45) is 0 Å². The minimum Gasteiger partial charge on any atom is -0.328 e. The lowest BCUT2D eigenvalue weighted by Crippen LogP contribution is -2.09. The fourth-order valence-corrected chi connectivity index (χ4v) is 3.17. The van der Waals surface area contributed by atoms with Crippen LogP contribution in [0.25, 0.3) is 22.1 Å². The Kier molecular flexibility index (Phi) is 5.02. The number of carbonyl (C=O) groups is 3. The van der Waals surface area contributed by atoms with Crippen molar-refractivity contribution in [1.82, 2.24) is 9.97 Å². The summed E-state index contributed by atoms with van der Waals surface area (Å²) in [7, 11) is 0. The first kappa shape index (κ1) is 19.2. The predicted octanol–water partition coefficient (Wildman–Crippen LogP) is 1.85. The molecule has 3 aromatic rings. The highest BCUT2D eigenvalue weighted by Gasteiger charge is 2.22. The number of fused-ring (bicyclic) bond motifs is 2. The van der Waals surface area contributed by atoms with Gasteiger partial charge in [-0.2, -0.15) is 10.5 Å². The summed E-state index contributed by atoms with van der Waals surface area (Å²) in [5.74, 6) is 0. The van der Waals surface area contributed by atoms with Crippen LogP contribution in [0.2, 0.25) is 0 Å². The second-order valence-corrected chi connectivity index (χ2v) is 5.97. The van der Waals surface area contributed by atoms with Crippen molar-refractivity contribution in [2.45, 2.75) is 13.8 Å². The van der Waals surface area contributed by atoms with Gasteiger partial charge in [0, 0.05) is 16.8 Å². The van der Waals surface area contributed by atoms with Gasteiger partial charge >= 0.3 is 0 Å². The zero-order chi connectivity index (χ0) is 21.1. The molecule has 0 atom stereocenters. The lowest BCUT2D eigenvalue weighted by atomic mass is 10.0. The van der Waals surface area contributed by atoms with Gasteiger partial charge in [0.2, 0.25) is 19.2 Å². The van der Waals surface area contributed by atoms with Crippen LogP contribution in [0.5, 0.6) is 0 Å². The van der Waals surface area contributed by atoms with Crippen molar-refractivity contribution in [1.29, 1.82) is 10.5 Å². The number of hydrogen-bond donors (Lipinski definition) is 3. The van der Waals surface area contributed by atoms with Gasteiger partial charge in [0.25, 0.3) is 0 Å². The zero-order valence-corrected chi connectivity index (χ0v) is 15.3. The van der Waals surface area contributed by atoms with Crippen molar-refractivity contribution in [3.05, 3.63) is 28.3 Å². The van der Waals surface area contributed by atoms with Gasteiger partial charge in [0.05, 0.1) is 28.0 Å². The van der Waals surface area contributed by atoms with Crippen LogP contribution in [0, 0.1) is 36.5 Å². The first-order chi connectivity index (χ1) is 14.0. The minimum absolute atomic E-state index is 0.00640. The van der Waals surface area contributed by atoms with Crippen molar-refractivity contribution in [3.63, 3.8) is 0 Å². The van der Waals surface area contributed by atoms with Gasteiger partial charge in [0.1, 0.15) is 28.7 Å². The van der Waals surface area contributed by atoms with E-state index in [9.17, 15) is 24.9 Å². The molecule has 3 N–H and O–H groups in total. The summed E-state index contributed by atoms with van der Waals surface area (Å²) >= 11 is 0. The number of carbonyl (C=O) groups excluding carboxylic acids is 3. The number of nitrogens with one attached hydrogen (secondary N) is 3. The summed E-state index contributed by atoms with van der Waals surface area (Å²) in [6.07, 6.45) is 1.30. The Morgan fingerprint density at radius 1 is 0.793 bits per heavy atom. The van der Waals surface area contributed by atoms with Crippen LogP contribution in [0.3, 0.4) is 0 Å². The van der Waals surface area contributed by atoms with Gasteiger partial charge in [-0.05, 0) is 19.9 Å². The third-order valence-corrected chi connectivity index (χ3v) is 4.52. The van der Waals surface area contributed by atoms with E-state index in [4.69, 9.17) is 0 Å². The van der Waals surface area contributed by atoms with E-state index in [0.717, 1.165) is 0 Å². The number of anilines is 3. The number of amides is 3.